The zero-order chi connectivity index (χ0) is 14.5. The summed E-state index contributed by atoms with van der Waals surface area (Å²) in [6.07, 6.45) is 2.13. The van der Waals surface area contributed by atoms with E-state index in [1.165, 1.54) is 0 Å². The van der Waals surface area contributed by atoms with Crippen molar-refractivity contribution < 1.29 is 9.84 Å². The summed E-state index contributed by atoms with van der Waals surface area (Å²) in [6, 6.07) is 17.7. The Balaban J connectivity index is 2.02. The van der Waals surface area contributed by atoms with E-state index >= 15 is 0 Å². The normalized spacial score (nSPS) is 16.0. The van der Waals surface area contributed by atoms with Gasteiger partial charge in [-0.3, -0.25) is 0 Å². The van der Waals surface area contributed by atoms with E-state index in [1.807, 2.05) is 36.4 Å². The lowest BCUT2D eigenvalue weighted by Crippen LogP contribution is -2.34. The molecule has 2 aromatic rings. The average molecular weight is 281 g/mol. The van der Waals surface area contributed by atoms with Crippen LogP contribution in [0.15, 0.2) is 54.6 Å². The predicted molar refractivity (Wildman–Crippen MR) is 84.8 cm³/mol. The fraction of sp³-hybridized carbons (Fsp3) is 0.222. The third-order valence-electron chi connectivity index (χ3n) is 3.63. The molecule has 0 aliphatic carbocycles. The van der Waals surface area contributed by atoms with Crippen molar-refractivity contribution >= 4 is 11.8 Å². The molecular formula is C18H19NO2. The second-order valence-electron chi connectivity index (χ2n) is 5.06. The van der Waals surface area contributed by atoms with Gasteiger partial charge in [-0.1, -0.05) is 42.5 Å². The van der Waals surface area contributed by atoms with Crippen LogP contribution in [0.1, 0.15) is 11.1 Å². The first-order valence-corrected chi connectivity index (χ1v) is 7.22. The van der Waals surface area contributed by atoms with Gasteiger partial charge in [0.2, 0.25) is 0 Å². The van der Waals surface area contributed by atoms with Crippen LogP contribution in [0.4, 0.5) is 0 Å². The fourth-order valence-corrected chi connectivity index (χ4v) is 2.54. The van der Waals surface area contributed by atoms with Crippen LogP contribution in [0.25, 0.3) is 11.8 Å². The molecule has 0 atom stereocenters. The summed E-state index contributed by atoms with van der Waals surface area (Å²) in [6.45, 7) is 3.12. The van der Waals surface area contributed by atoms with E-state index in [0.717, 1.165) is 43.1 Å². The number of ether oxygens (including phenoxy) is 1. The molecule has 1 heterocycles. The summed E-state index contributed by atoms with van der Waals surface area (Å²) < 4.78 is 5.43. The second-order valence-corrected chi connectivity index (χ2v) is 5.06. The number of benzene rings is 2. The number of hydrogen-bond donors (Lipinski definition) is 1. The van der Waals surface area contributed by atoms with Gasteiger partial charge in [-0.05, 0) is 23.8 Å². The minimum absolute atomic E-state index is 0.311. The van der Waals surface area contributed by atoms with Crippen molar-refractivity contribution in [1.82, 2.24) is 4.90 Å². The first-order chi connectivity index (χ1) is 10.3. The Labute approximate surface area is 125 Å². The summed E-state index contributed by atoms with van der Waals surface area (Å²) >= 11 is 0. The molecule has 0 radical (unpaired) electrons. The van der Waals surface area contributed by atoms with E-state index in [2.05, 4.69) is 23.1 Å². The SMILES string of the molecule is Oc1ccccc1C(=Cc1ccccc1)N1CCOCC1. The number of morpholine rings is 1. The highest BCUT2D eigenvalue weighted by Gasteiger charge is 2.17. The van der Waals surface area contributed by atoms with E-state index in [-0.39, 0.29) is 0 Å². The minimum atomic E-state index is 0.311. The van der Waals surface area contributed by atoms with Crippen LogP contribution in [0.5, 0.6) is 5.75 Å². The van der Waals surface area contributed by atoms with Gasteiger partial charge in [-0.15, -0.1) is 0 Å². The van der Waals surface area contributed by atoms with E-state index in [0.29, 0.717) is 5.75 Å². The van der Waals surface area contributed by atoms with Crippen molar-refractivity contribution in [3.05, 3.63) is 65.7 Å². The molecule has 0 saturated carbocycles. The highest BCUT2D eigenvalue weighted by molar-refractivity contribution is 5.82. The van der Waals surface area contributed by atoms with Crippen LogP contribution < -0.4 is 0 Å². The van der Waals surface area contributed by atoms with Crippen LogP contribution in [0.3, 0.4) is 0 Å². The lowest BCUT2D eigenvalue weighted by Gasteiger charge is -2.31. The predicted octanol–water partition coefficient (Wildman–Crippen LogP) is 3.22. The molecule has 0 bridgehead atoms. The molecule has 0 amide bonds. The minimum Gasteiger partial charge on any atom is -0.507 e. The summed E-state index contributed by atoms with van der Waals surface area (Å²) in [5.74, 6) is 0.311. The van der Waals surface area contributed by atoms with Gasteiger partial charge in [0.25, 0.3) is 0 Å². The van der Waals surface area contributed by atoms with Gasteiger partial charge in [0.05, 0.1) is 13.2 Å². The summed E-state index contributed by atoms with van der Waals surface area (Å²) in [7, 11) is 0. The molecule has 108 valence electrons. The zero-order valence-corrected chi connectivity index (χ0v) is 11.9. The highest BCUT2D eigenvalue weighted by atomic mass is 16.5. The molecule has 1 fully saturated rings. The van der Waals surface area contributed by atoms with Crippen LogP contribution in [-0.4, -0.2) is 36.3 Å². The van der Waals surface area contributed by atoms with E-state index in [1.54, 1.807) is 6.07 Å². The molecule has 0 aromatic heterocycles. The van der Waals surface area contributed by atoms with Gasteiger partial charge in [0, 0.05) is 24.4 Å². The Kier molecular flexibility index (Phi) is 4.22. The van der Waals surface area contributed by atoms with Gasteiger partial charge in [-0.25, -0.2) is 0 Å². The molecule has 1 saturated heterocycles. The van der Waals surface area contributed by atoms with Crippen molar-refractivity contribution in [2.75, 3.05) is 26.3 Å². The van der Waals surface area contributed by atoms with Crippen LogP contribution in [0, 0.1) is 0 Å². The van der Waals surface area contributed by atoms with Crippen molar-refractivity contribution in [3.8, 4) is 5.75 Å². The average Bonchev–Trinajstić information content (AvgIpc) is 2.55. The summed E-state index contributed by atoms with van der Waals surface area (Å²) in [4.78, 5) is 2.27. The maximum Gasteiger partial charge on any atom is 0.124 e. The Morgan fingerprint density at radius 3 is 2.33 bits per heavy atom. The molecule has 2 aromatic carbocycles. The lowest BCUT2D eigenvalue weighted by atomic mass is 10.1. The van der Waals surface area contributed by atoms with Gasteiger partial charge < -0.3 is 14.7 Å². The van der Waals surface area contributed by atoms with E-state index < -0.39 is 0 Å². The number of phenols is 1. The lowest BCUT2D eigenvalue weighted by molar-refractivity contribution is 0.0641. The fourth-order valence-electron chi connectivity index (χ4n) is 2.54. The van der Waals surface area contributed by atoms with Crippen LogP contribution in [-0.2, 0) is 4.74 Å². The molecular weight excluding hydrogens is 262 g/mol. The van der Waals surface area contributed by atoms with Gasteiger partial charge in [-0.2, -0.15) is 0 Å². The largest absolute Gasteiger partial charge is 0.507 e. The van der Waals surface area contributed by atoms with Gasteiger partial charge >= 0.3 is 0 Å². The molecule has 3 nitrogen and oxygen atoms in total. The zero-order valence-electron chi connectivity index (χ0n) is 11.9. The maximum absolute atomic E-state index is 10.2. The van der Waals surface area contributed by atoms with Crippen LogP contribution >= 0.6 is 0 Å². The molecule has 21 heavy (non-hydrogen) atoms. The molecule has 1 aliphatic heterocycles. The summed E-state index contributed by atoms with van der Waals surface area (Å²) in [5.41, 5.74) is 3.04. The Morgan fingerprint density at radius 1 is 0.952 bits per heavy atom. The molecule has 1 aliphatic rings. The van der Waals surface area contributed by atoms with Crippen molar-refractivity contribution in [3.63, 3.8) is 0 Å². The van der Waals surface area contributed by atoms with E-state index in [9.17, 15) is 5.11 Å². The highest BCUT2D eigenvalue weighted by Crippen LogP contribution is 2.29. The number of rotatable bonds is 3. The van der Waals surface area contributed by atoms with Gasteiger partial charge in [0.15, 0.2) is 0 Å². The number of phenolic OH excluding ortho intramolecular Hbond substituents is 1. The number of nitrogens with zero attached hydrogens (tertiary/aromatic N) is 1. The number of aromatic hydroxyl groups is 1. The van der Waals surface area contributed by atoms with Crippen molar-refractivity contribution in [2.45, 2.75) is 0 Å². The smallest absolute Gasteiger partial charge is 0.124 e. The molecule has 0 spiro atoms. The number of para-hydroxylation sites is 1. The third kappa shape index (κ3) is 3.26. The quantitative estimate of drug-likeness (QED) is 0.877. The number of hydrogen-bond acceptors (Lipinski definition) is 3. The monoisotopic (exact) mass is 281 g/mol. The third-order valence-corrected chi connectivity index (χ3v) is 3.63. The maximum atomic E-state index is 10.2. The molecule has 0 unspecified atom stereocenters. The Bertz CT molecular complexity index is 616. The molecule has 3 heteroatoms. The molecule has 3 rings (SSSR count). The van der Waals surface area contributed by atoms with E-state index in [4.69, 9.17) is 4.74 Å². The molecule has 1 N–H and O–H groups in total. The first kappa shape index (κ1) is 13.7. The Morgan fingerprint density at radius 2 is 1.62 bits per heavy atom. The second kappa shape index (κ2) is 6.46. The topological polar surface area (TPSA) is 32.7 Å². The van der Waals surface area contributed by atoms with Gasteiger partial charge in [0.1, 0.15) is 5.75 Å². The van der Waals surface area contributed by atoms with Crippen LogP contribution in [0.2, 0.25) is 0 Å². The standard InChI is InChI=1S/C18H19NO2/c20-18-9-5-4-8-16(18)17(19-10-12-21-13-11-19)14-15-6-2-1-3-7-15/h1-9,14,20H,10-13H2. The summed E-state index contributed by atoms with van der Waals surface area (Å²) in [5, 5.41) is 10.2. The van der Waals surface area contributed by atoms with Crippen molar-refractivity contribution in [2.24, 2.45) is 0 Å². The van der Waals surface area contributed by atoms with Crippen molar-refractivity contribution in [1.29, 1.82) is 0 Å². The Hall–Kier alpha value is -2.26. The first-order valence-electron chi connectivity index (χ1n) is 7.22.